The van der Waals surface area contributed by atoms with E-state index >= 15 is 0 Å². The van der Waals surface area contributed by atoms with Gasteiger partial charge in [0, 0.05) is 11.8 Å². The van der Waals surface area contributed by atoms with Crippen molar-refractivity contribution in [2.24, 2.45) is 0 Å². The third-order valence-corrected chi connectivity index (χ3v) is 4.46. The summed E-state index contributed by atoms with van der Waals surface area (Å²) in [6.45, 7) is 3.76. The Hall–Kier alpha value is -1.56. The van der Waals surface area contributed by atoms with Crippen LogP contribution in [-0.4, -0.2) is 34.9 Å². The molecule has 1 fully saturated rings. The molecule has 0 radical (unpaired) electrons. The highest BCUT2D eigenvalue weighted by atomic mass is 32.2. The molecule has 1 aromatic carbocycles. The second-order valence-electron chi connectivity index (χ2n) is 5.38. The highest BCUT2D eigenvalue weighted by Crippen LogP contribution is 2.22. The maximum atomic E-state index is 12.9. The van der Waals surface area contributed by atoms with Crippen molar-refractivity contribution in [2.45, 2.75) is 37.6 Å². The van der Waals surface area contributed by atoms with Crippen LogP contribution in [0.1, 0.15) is 19.4 Å². The van der Waals surface area contributed by atoms with Crippen molar-refractivity contribution < 1.29 is 14.0 Å². The van der Waals surface area contributed by atoms with E-state index in [0.717, 1.165) is 5.56 Å². The summed E-state index contributed by atoms with van der Waals surface area (Å²) in [5, 5.41) is 5.32. The Kier molecular flexibility index (Phi) is 5.22. The Morgan fingerprint density at radius 1 is 1.43 bits per heavy atom. The number of carbonyl (C=O) groups is 2. The minimum Gasteiger partial charge on any atom is -0.352 e. The van der Waals surface area contributed by atoms with Crippen molar-refractivity contribution in [1.82, 2.24) is 10.6 Å². The summed E-state index contributed by atoms with van der Waals surface area (Å²) >= 11 is 1.47. The van der Waals surface area contributed by atoms with Gasteiger partial charge in [-0.2, -0.15) is 0 Å². The molecule has 0 saturated carbocycles. The highest BCUT2D eigenvalue weighted by Gasteiger charge is 2.32. The first-order chi connectivity index (χ1) is 9.95. The van der Waals surface area contributed by atoms with Gasteiger partial charge in [-0.15, -0.1) is 11.8 Å². The lowest BCUT2D eigenvalue weighted by molar-refractivity contribution is -0.128. The fraction of sp³-hybridized carbons (Fsp3) is 0.467. The molecule has 21 heavy (non-hydrogen) atoms. The average molecular weight is 310 g/mol. The maximum Gasteiger partial charge on any atom is 0.243 e. The van der Waals surface area contributed by atoms with Crippen molar-refractivity contribution in [3.8, 4) is 0 Å². The molecule has 2 amide bonds. The lowest BCUT2D eigenvalue weighted by Crippen LogP contribution is -2.55. The normalized spacial score (nSPS) is 22.0. The first-order valence-electron chi connectivity index (χ1n) is 6.92. The molecule has 0 aromatic heterocycles. The molecule has 1 heterocycles. The summed E-state index contributed by atoms with van der Waals surface area (Å²) in [7, 11) is 0. The number of nitrogens with one attached hydrogen (secondary N) is 2. The van der Waals surface area contributed by atoms with E-state index in [1.54, 1.807) is 12.1 Å². The minimum absolute atomic E-state index is 0.0522. The fourth-order valence-electron chi connectivity index (χ4n) is 2.11. The van der Waals surface area contributed by atoms with E-state index in [1.165, 1.54) is 23.9 Å². The quantitative estimate of drug-likeness (QED) is 0.886. The molecular formula is C15H19FN2O2S. The SMILES string of the molecule is CC(C)NC(=O)C1CSC(Cc2ccc(F)cc2)C(=O)N1. The molecule has 1 aromatic rings. The highest BCUT2D eigenvalue weighted by molar-refractivity contribution is 8.00. The zero-order valence-electron chi connectivity index (χ0n) is 12.1. The van der Waals surface area contributed by atoms with E-state index in [4.69, 9.17) is 0 Å². The second kappa shape index (κ2) is 6.93. The smallest absolute Gasteiger partial charge is 0.243 e. The Balaban J connectivity index is 1.90. The minimum atomic E-state index is -0.477. The number of hydrogen-bond donors (Lipinski definition) is 2. The van der Waals surface area contributed by atoms with Gasteiger partial charge in [0.25, 0.3) is 0 Å². The number of rotatable bonds is 4. The van der Waals surface area contributed by atoms with Crippen LogP contribution in [-0.2, 0) is 16.0 Å². The molecule has 2 atom stereocenters. The zero-order valence-corrected chi connectivity index (χ0v) is 12.9. The van der Waals surface area contributed by atoms with Gasteiger partial charge in [0.2, 0.25) is 11.8 Å². The van der Waals surface area contributed by atoms with Crippen molar-refractivity contribution in [1.29, 1.82) is 0 Å². The molecule has 0 bridgehead atoms. The first kappa shape index (κ1) is 15.8. The number of benzene rings is 1. The van der Waals surface area contributed by atoms with E-state index in [-0.39, 0.29) is 28.9 Å². The second-order valence-corrected chi connectivity index (χ2v) is 6.61. The van der Waals surface area contributed by atoms with Crippen LogP contribution in [0.5, 0.6) is 0 Å². The van der Waals surface area contributed by atoms with Crippen LogP contribution in [0.4, 0.5) is 4.39 Å². The van der Waals surface area contributed by atoms with Gasteiger partial charge >= 0.3 is 0 Å². The molecule has 6 heteroatoms. The van der Waals surface area contributed by atoms with Crippen molar-refractivity contribution >= 4 is 23.6 Å². The molecule has 2 rings (SSSR count). The monoisotopic (exact) mass is 310 g/mol. The van der Waals surface area contributed by atoms with Gasteiger partial charge in [-0.1, -0.05) is 12.1 Å². The van der Waals surface area contributed by atoms with Crippen LogP contribution in [0.15, 0.2) is 24.3 Å². The van der Waals surface area contributed by atoms with Crippen LogP contribution in [0.3, 0.4) is 0 Å². The molecule has 1 saturated heterocycles. The van der Waals surface area contributed by atoms with E-state index in [9.17, 15) is 14.0 Å². The molecule has 1 aliphatic rings. The molecule has 1 aliphatic heterocycles. The summed E-state index contributed by atoms with van der Waals surface area (Å²) in [5.74, 6) is -0.0219. The Bertz CT molecular complexity index is 519. The molecule has 114 valence electrons. The predicted molar refractivity (Wildman–Crippen MR) is 81.6 cm³/mol. The summed E-state index contributed by atoms with van der Waals surface area (Å²) in [6, 6.07) is 5.71. The van der Waals surface area contributed by atoms with E-state index in [0.29, 0.717) is 12.2 Å². The Morgan fingerprint density at radius 2 is 2.10 bits per heavy atom. The Morgan fingerprint density at radius 3 is 2.67 bits per heavy atom. The third kappa shape index (κ3) is 4.46. The van der Waals surface area contributed by atoms with Gasteiger partial charge < -0.3 is 10.6 Å². The third-order valence-electron chi connectivity index (χ3n) is 3.15. The lowest BCUT2D eigenvalue weighted by Gasteiger charge is -2.28. The molecule has 2 unspecified atom stereocenters. The first-order valence-corrected chi connectivity index (χ1v) is 7.97. The van der Waals surface area contributed by atoms with E-state index < -0.39 is 6.04 Å². The van der Waals surface area contributed by atoms with Crippen molar-refractivity contribution in [2.75, 3.05) is 5.75 Å². The summed E-state index contributed by atoms with van der Waals surface area (Å²) < 4.78 is 12.9. The van der Waals surface area contributed by atoms with Gasteiger partial charge in [0.05, 0.1) is 5.25 Å². The number of halogens is 1. The molecular weight excluding hydrogens is 291 g/mol. The average Bonchev–Trinajstić information content (AvgIpc) is 2.42. The van der Waals surface area contributed by atoms with E-state index in [1.807, 2.05) is 13.8 Å². The molecule has 0 spiro atoms. The standard InChI is InChI=1S/C15H19FN2O2S/c1-9(2)17-14(19)12-8-21-13(15(20)18-12)7-10-3-5-11(16)6-4-10/h3-6,9,12-13H,7-8H2,1-2H3,(H,17,19)(H,18,20). The van der Waals surface area contributed by atoms with Crippen LogP contribution >= 0.6 is 11.8 Å². The Labute approximate surface area is 127 Å². The number of carbonyl (C=O) groups excluding carboxylic acids is 2. The zero-order chi connectivity index (χ0) is 15.4. The number of amides is 2. The molecule has 2 N–H and O–H groups in total. The molecule has 0 aliphatic carbocycles. The fourth-order valence-corrected chi connectivity index (χ4v) is 3.30. The molecule has 4 nitrogen and oxygen atoms in total. The van der Waals surface area contributed by atoms with Crippen LogP contribution < -0.4 is 10.6 Å². The van der Waals surface area contributed by atoms with Gasteiger partial charge in [0.1, 0.15) is 11.9 Å². The predicted octanol–water partition coefficient (Wildman–Crippen LogP) is 1.49. The van der Waals surface area contributed by atoms with Gasteiger partial charge in [-0.05, 0) is 38.0 Å². The van der Waals surface area contributed by atoms with E-state index in [2.05, 4.69) is 10.6 Å². The largest absolute Gasteiger partial charge is 0.352 e. The topological polar surface area (TPSA) is 58.2 Å². The van der Waals surface area contributed by atoms with Gasteiger partial charge in [0.15, 0.2) is 0 Å². The van der Waals surface area contributed by atoms with Crippen molar-refractivity contribution in [3.05, 3.63) is 35.6 Å². The van der Waals surface area contributed by atoms with Crippen molar-refractivity contribution in [3.63, 3.8) is 0 Å². The van der Waals surface area contributed by atoms with Gasteiger partial charge in [-0.3, -0.25) is 9.59 Å². The summed E-state index contributed by atoms with van der Waals surface area (Å²) in [4.78, 5) is 24.0. The summed E-state index contributed by atoms with van der Waals surface area (Å²) in [5.41, 5.74) is 0.911. The maximum absolute atomic E-state index is 12.9. The number of hydrogen-bond acceptors (Lipinski definition) is 3. The van der Waals surface area contributed by atoms with Crippen LogP contribution in [0.25, 0.3) is 0 Å². The lowest BCUT2D eigenvalue weighted by atomic mass is 10.1. The van der Waals surface area contributed by atoms with Crippen LogP contribution in [0, 0.1) is 5.82 Å². The number of thioether (sulfide) groups is 1. The van der Waals surface area contributed by atoms with Crippen LogP contribution in [0.2, 0.25) is 0 Å². The van der Waals surface area contributed by atoms with Gasteiger partial charge in [-0.25, -0.2) is 4.39 Å². The summed E-state index contributed by atoms with van der Waals surface area (Å²) in [6.07, 6.45) is 0.537.